The maximum Gasteiger partial charge on any atom is 0.311 e. The highest BCUT2D eigenvalue weighted by atomic mass is 16.6. The van der Waals surface area contributed by atoms with Crippen molar-refractivity contribution in [2.24, 2.45) is 0 Å². The normalized spacial score (nSPS) is 10.3. The first kappa shape index (κ1) is 14.0. The van der Waals surface area contributed by atoms with Crippen molar-refractivity contribution < 1.29 is 9.66 Å². The van der Waals surface area contributed by atoms with Crippen molar-refractivity contribution in [3.05, 3.63) is 57.8 Å². The van der Waals surface area contributed by atoms with Gasteiger partial charge in [0.05, 0.1) is 4.92 Å². The largest absolute Gasteiger partial charge is 0.432 e. The Balaban J connectivity index is 2.25. The molecule has 104 valence electrons. The lowest BCUT2D eigenvalue weighted by Gasteiger charge is -2.07. The molecule has 0 amide bonds. The van der Waals surface area contributed by atoms with Gasteiger partial charge >= 0.3 is 5.69 Å². The van der Waals surface area contributed by atoms with E-state index in [0.717, 1.165) is 11.1 Å². The molecular formula is C14H15N3O3. The van der Waals surface area contributed by atoms with Crippen LogP contribution in [0.5, 0.6) is 11.6 Å². The standard InChI is InChI=1S/C14H15N3O3/c1-10-3-5-12(17(18)19)13(7-10)20-14-6-4-11(8-15-2)9-16-14/h3-7,9,15H,8H2,1-2H3. The average Bonchev–Trinajstić information content (AvgIpc) is 2.41. The first-order valence-electron chi connectivity index (χ1n) is 6.12. The van der Waals surface area contributed by atoms with Crippen LogP contribution in [-0.4, -0.2) is 17.0 Å². The fourth-order valence-corrected chi connectivity index (χ4v) is 1.75. The van der Waals surface area contributed by atoms with Crippen LogP contribution >= 0.6 is 0 Å². The predicted molar refractivity (Wildman–Crippen MR) is 74.9 cm³/mol. The third kappa shape index (κ3) is 3.30. The Morgan fingerprint density at radius 3 is 2.75 bits per heavy atom. The van der Waals surface area contributed by atoms with E-state index in [1.807, 2.05) is 20.0 Å². The summed E-state index contributed by atoms with van der Waals surface area (Å²) in [6.07, 6.45) is 1.67. The van der Waals surface area contributed by atoms with E-state index >= 15 is 0 Å². The summed E-state index contributed by atoms with van der Waals surface area (Å²) < 4.78 is 5.51. The molecule has 0 aliphatic carbocycles. The lowest BCUT2D eigenvalue weighted by Crippen LogP contribution is -2.05. The lowest BCUT2D eigenvalue weighted by molar-refractivity contribution is -0.385. The molecule has 0 saturated carbocycles. The van der Waals surface area contributed by atoms with Gasteiger partial charge in [0.1, 0.15) is 0 Å². The molecule has 0 unspecified atom stereocenters. The second-order valence-electron chi connectivity index (χ2n) is 4.37. The second-order valence-corrected chi connectivity index (χ2v) is 4.37. The lowest BCUT2D eigenvalue weighted by atomic mass is 10.2. The summed E-state index contributed by atoms with van der Waals surface area (Å²) in [5.41, 5.74) is 1.83. The number of pyridine rings is 1. The number of hydrogen-bond donors (Lipinski definition) is 1. The SMILES string of the molecule is CNCc1ccc(Oc2cc(C)ccc2[N+](=O)[O-])nc1. The summed E-state index contributed by atoms with van der Waals surface area (Å²) in [6, 6.07) is 8.29. The Hall–Kier alpha value is -2.47. The molecule has 6 heteroatoms. The zero-order chi connectivity index (χ0) is 14.5. The molecule has 0 bridgehead atoms. The number of nitro groups is 1. The number of nitro benzene ring substituents is 1. The quantitative estimate of drug-likeness (QED) is 0.669. The molecule has 20 heavy (non-hydrogen) atoms. The average molecular weight is 273 g/mol. The molecule has 0 aliphatic heterocycles. The summed E-state index contributed by atoms with van der Waals surface area (Å²) in [7, 11) is 1.85. The van der Waals surface area contributed by atoms with Gasteiger partial charge < -0.3 is 10.1 Å². The molecule has 1 aromatic carbocycles. The van der Waals surface area contributed by atoms with Crippen LogP contribution in [0.1, 0.15) is 11.1 Å². The summed E-state index contributed by atoms with van der Waals surface area (Å²) in [4.78, 5) is 14.6. The molecule has 0 spiro atoms. The zero-order valence-electron chi connectivity index (χ0n) is 11.3. The van der Waals surface area contributed by atoms with E-state index in [0.29, 0.717) is 12.4 Å². The van der Waals surface area contributed by atoms with Crippen LogP contribution in [0.15, 0.2) is 36.5 Å². The number of aryl methyl sites for hydroxylation is 1. The van der Waals surface area contributed by atoms with Crippen LogP contribution in [0.4, 0.5) is 5.69 Å². The number of nitrogens with zero attached hydrogens (tertiary/aromatic N) is 2. The van der Waals surface area contributed by atoms with Gasteiger partial charge in [-0.25, -0.2) is 4.98 Å². The van der Waals surface area contributed by atoms with E-state index in [2.05, 4.69) is 10.3 Å². The van der Waals surface area contributed by atoms with E-state index in [9.17, 15) is 10.1 Å². The summed E-state index contributed by atoms with van der Waals surface area (Å²) in [6.45, 7) is 2.55. The topological polar surface area (TPSA) is 77.3 Å². The molecule has 0 aliphatic rings. The van der Waals surface area contributed by atoms with Gasteiger partial charge in [-0.3, -0.25) is 10.1 Å². The van der Waals surface area contributed by atoms with Gasteiger partial charge in [-0.05, 0) is 31.2 Å². The molecule has 0 fully saturated rings. The number of nitrogens with one attached hydrogen (secondary N) is 1. The second kappa shape index (κ2) is 6.12. The van der Waals surface area contributed by atoms with E-state index in [-0.39, 0.29) is 11.4 Å². The minimum absolute atomic E-state index is 0.0725. The summed E-state index contributed by atoms with van der Waals surface area (Å²) in [5.74, 6) is 0.530. The molecule has 0 atom stereocenters. The van der Waals surface area contributed by atoms with Gasteiger partial charge in [0.2, 0.25) is 11.6 Å². The Kier molecular flexibility index (Phi) is 4.27. The van der Waals surface area contributed by atoms with Gasteiger partial charge in [-0.1, -0.05) is 12.1 Å². The fraction of sp³-hybridized carbons (Fsp3) is 0.214. The molecule has 1 aromatic heterocycles. The van der Waals surface area contributed by atoms with Crippen LogP contribution in [0.2, 0.25) is 0 Å². The van der Waals surface area contributed by atoms with Crippen molar-refractivity contribution in [3.8, 4) is 11.6 Å². The number of rotatable bonds is 5. The maximum atomic E-state index is 11.0. The number of hydrogen-bond acceptors (Lipinski definition) is 5. The molecule has 0 saturated heterocycles. The zero-order valence-corrected chi connectivity index (χ0v) is 11.3. The van der Waals surface area contributed by atoms with Gasteiger partial charge in [-0.2, -0.15) is 0 Å². The van der Waals surface area contributed by atoms with Gasteiger partial charge in [0.15, 0.2) is 0 Å². The Morgan fingerprint density at radius 2 is 2.15 bits per heavy atom. The molecular weight excluding hydrogens is 258 g/mol. The number of benzene rings is 1. The number of aromatic nitrogens is 1. The van der Waals surface area contributed by atoms with Crippen molar-refractivity contribution in [1.82, 2.24) is 10.3 Å². The van der Waals surface area contributed by atoms with E-state index in [1.54, 1.807) is 24.4 Å². The van der Waals surface area contributed by atoms with Crippen molar-refractivity contribution in [2.45, 2.75) is 13.5 Å². The minimum Gasteiger partial charge on any atom is -0.432 e. The summed E-state index contributed by atoms with van der Waals surface area (Å²) >= 11 is 0. The highest BCUT2D eigenvalue weighted by Gasteiger charge is 2.16. The van der Waals surface area contributed by atoms with Crippen LogP contribution in [0.25, 0.3) is 0 Å². The molecule has 1 heterocycles. The molecule has 2 aromatic rings. The van der Waals surface area contributed by atoms with Gasteiger partial charge in [0, 0.05) is 24.9 Å². The van der Waals surface area contributed by atoms with Crippen molar-refractivity contribution in [2.75, 3.05) is 7.05 Å². The van der Waals surface area contributed by atoms with Gasteiger partial charge in [-0.15, -0.1) is 0 Å². The first-order chi connectivity index (χ1) is 9.60. The Labute approximate surface area is 116 Å². The van der Waals surface area contributed by atoms with Crippen molar-refractivity contribution in [3.63, 3.8) is 0 Å². The monoisotopic (exact) mass is 273 g/mol. The third-order valence-electron chi connectivity index (χ3n) is 2.71. The third-order valence-corrected chi connectivity index (χ3v) is 2.71. The van der Waals surface area contributed by atoms with E-state index < -0.39 is 4.92 Å². The first-order valence-corrected chi connectivity index (χ1v) is 6.12. The predicted octanol–water partition coefficient (Wildman–Crippen LogP) is 2.81. The number of ether oxygens (including phenoxy) is 1. The smallest absolute Gasteiger partial charge is 0.311 e. The molecule has 2 rings (SSSR count). The maximum absolute atomic E-state index is 11.0. The van der Waals surface area contributed by atoms with Crippen LogP contribution in [0, 0.1) is 17.0 Å². The van der Waals surface area contributed by atoms with Crippen molar-refractivity contribution >= 4 is 5.69 Å². The minimum atomic E-state index is -0.468. The Morgan fingerprint density at radius 1 is 1.35 bits per heavy atom. The Bertz CT molecular complexity index is 612. The van der Waals surface area contributed by atoms with E-state index in [1.165, 1.54) is 6.07 Å². The van der Waals surface area contributed by atoms with E-state index in [4.69, 9.17) is 4.74 Å². The van der Waals surface area contributed by atoms with Crippen LogP contribution < -0.4 is 10.1 Å². The van der Waals surface area contributed by atoms with Crippen LogP contribution in [0.3, 0.4) is 0 Å². The van der Waals surface area contributed by atoms with Crippen molar-refractivity contribution in [1.29, 1.82) is 0 Å². The molecule has 1 N–H and O–H groups in total. The fourth-order valence-electron chi connectivity index (χ4n) is 1.75. The highest BCUT2D eigenvalue weighted by Crippen LogP contribution is 2.31. The highest BCUT2D eigenvalue weighted by molar-refractivity contribution is 5.49. The van der Waals surface area contributed by atoms with Crippen LogP contribution in [-0.2, 0) is 6.54 Å². The van der Waals surface area contributed by atoms with Gasteiger partial charge in [0.25, 0.3) is 0 Å². The summed E-state index contributed by atoms with van der Waals surface area (Å²) in [5, 5.41) is 14.0. The molecule has 6 nitrogen and oxygen atoms in total. The molecule has 0 radical (unpaired) electrons.